The molecular weight excluding hydrogens is 254 g/mol. The lowest BCUT2D eigenvalue weighted by Gasteiger charge is -2.06. The highest BCUT2D eigenvalue weighted by molar-refractivity contribution is 7.99. The molecule has 0 unspecified atom stereocenters. The molecule has 3 nitrogen and oxygen atoms in total. The number of anilines is 1. The molecule has 2 rings (SSSR count). The molecule has 19 heavy (non-hydrogen) atoms. The largest absolute Gasteiger partial charge is 0.384 e. The number of aryl methyl sites for hydroxylation is 1. The number of imidazole rings is 1. The number of rotatable bonds is 6. The highest BCUT2D eigenvalue weighted by atomic mass is 32.2. The fourth-order valence-electron chi connectivity index (χ4n) is 2.14. The normalized spacial score (nSPS) is 10.8. The Kier molecular flexibility index (Phi) is 4.91. The van der Waals surface area contributed by atoms with Crippen LogP contribution < -0.4 is 5.73 Å². The lowest BCUT2D eigenvalue weighted by molar-refractivity contribution is 0.780. The van der Waals surface area contributed by atoms with Crippen LogP contribution in [0.1, 0.15) is 19.5 Å². The number of nitrogen functional groups attached to an aromatic ring is 1. The highest BCUT2D eigenvalue weighted by Gasteiger charge is 2.14. The van der Waals surface area contributed by atoms with Gasteiger partial charge in [0.25, 0.3) is 0 Å². The van der Waals surface area contributed by atoms with E-state index in [2.05, 4.69) is 30.5 Å². The third kappa shape index (κ3) is 3.13. The molecule has 2 aromatic rings. The SMILES string of the molecule is CCSCCc1nc(-c2ccccc2)n(CC)c1N. The number of thioether (sulfide) groups is 1. The second kappa shape index (κ2) is 6.66. The van der Waals surface area contributed by atoms with E-state index >= 15 is 0 Å². The predicted molar refractivity (Wildman–Crippen MR) is 84.5 cm³/mol. The Balaban J connectivity index is 2.31. The van der Waals surface area contributed by atoms with Gasteiger partial charge in [0.1, 0.15) is 11.6 Å². The Bertz CT molecular complexity index is 520. The lowest BCUT2D eigenvalue weighted by atomic mass is 10.2. The number of benzene rings is 1. The fourth-order valence-corrected chi connectivity index (χ4v) is 2.77. The minimum Gasteiger partial charge on any atom is -0.384 e. The minimum absolute atomic E-state index is 0.818. The molecule has 1 aromatic carbocycles. The first kappa shape index (κ1) is 14.0. The van der Waals surface area contributed by atoms with Crippen molar-refractivity contribution >= 4 is 17.6 Å². The van der Waals surface area contributed by atoms with Crippen LogP contribution in [0.5, 0.6) is 0 Å². The summed E-state index contributed by atoms with van der Waals surface area (Å²) in [5.41, 5.74) is 8.38. The summed E-state index contributed by atoms with van der Waals surface area (Å²) < 4.78 is 2.10. The molecule has 0 radical (unpaired) electrons. The molecule has 0 spiro atoms. The number of hydrogen-bond acceptors (Lipinski definition) is 3. The van der Waals surface area contributed by atoms with E-state index < -0.39 is 0 Å². The number of aromatic nitrogens is 2. The van der Waals surface area contributed by atoms with E-state index in [1.54, 1.807) is 0 Å². The summed E-state index contributed by atoms with van der Waals surface area (Å²) in [6.07, 6.45) is 0.942. The average molecular weight is 275 g/mol. The summed E-state index contributed by atoms with van der Waals surface area (Å²) >= 11 is 1.93. The van der Waals surface area contributed by atoms with Gasteiger partial charge in [-0.05, 0) is 18.4 Å². The first-order valence-corrected chi connectivity index (χ1v) is 7.91. The van der Waals surface area contributed by atoms with Crippen LogP contribution in [0.25, 0.3) is 11.4 Å². The van der Waals surface area contributed by atoms with Crippen molar-refractivity contribution in [1.82, 2.24) is 9.55 Å². The summed E-state index contributed by atoms with van der Waals surface area (Å²) in [5.74, 6) is 4.02. The predicted octanol–water partition coefficient (Wildman–Crippen LogP) is 3.45. The maximum atomic E-state index is 6.23. The van der Waals surface area contributed by atoms with Crippen LogP contribution in [0.4, 0.5) is 5.82 Å². The molecule has 102 valence electrons. The second-order valence-corrected chi connectivity index (χ2v) is 5.72. The van der Waals surface area contributed by atoms with Crippen LogP contribution in [0, 0.1) is 0 Å². The Morgan fingerprint density at radius 3 is 2.58 bits per heavy atom. The van der Waals surface area contributed by atoms with Crippen molar-refractivity contribution in [3.8, 4) is 11.4 Å². The van der Waals surface area contributed by atoms with Gasteiger partial charge in [-0.3, -0.25) is 0 Å². The van der Waals surface area contributed by atoms with Crippen molar-refractivity contribution in [3.63, 3.8) is 0 Å². The third-order valence-corrected chi connectivity index (χ3v) is 4.02. The molecule has 0 saturated heterocycles. The maximum Gasteiger partial charge on any atom is 0.141 e. The van der Waals surface area contributed by atoms with Gasteiger partial charge in [0, 0.05) is 18.5 Å². The Labute approximate surface area is 119 Å². The van der Waals surface area contributed by atoms with Gasteiger partial charge in [0.15, 0.2) is 0 Å². The minimum atomic E-state index is 0.818. The molecule has 4 heteroatoms. The summed E-state index contributed by atoms with van der Waals surface area (Å²) in [4.78, 5) is 4.75. The van der Waals surface area contributed by atoms with E-state index in [1.807, 2.05) is 30.0 Å². The molecule has 0 aliphatic heterocycles. The maximum absolute atomic E-state index is 6.23. The van der Waals surface area contributed by atoms with Gasteiger partial charge in [-0.15, -0.1) is 0 Å². The molecule has 2 N–H and O–H groups in total. The lowest BCUT2D eigenvalue weighted by Crippen LogP contribution is -2.03. The van der Waals surface area contributed by atoms with Gasteiger partial charge in [0.2, 0.25) is 0 Å². The standard InChI is InChI=1S/C15H21N3S/c1-3-18-14(16)13(10-11-19-4-2)17-15(18)12-8-6-5-7-9-12/h5-9H,3-4,10-11,16H2,1-2H3. The third-order valence-electron chi connectivity index (χ3n) is 3.12. The monoisotopic (exact) mass is 275 g/mol. The van der Waals surface area contributed by atoms with Crippen LogP contribution in [0.3, 0.4) is 0 Å². The van der Waals surface area contributed by atoms with Gasteiger partial charge in [-0.1, -0.05) is 37.3 Å². The van der Waals surface area contributed by atoms with E-state index in [1.165, 1.54) is 0 Å². The van der Waals surface area contributed by atoms with E-state index in [-0.39, 0.29) is 0 Å². The van der Waals surface area contributed by atoms with Gasteiger partial charge < -0.3 is 10.3 Å². The van der Waals surface area contributed by atoms with Crippen LogP contribution in [0.2, 0.25) is 0 Å². The molecular formula is C15H21N3S. The molecule has 1 aromatic heterocycles. The molecule has 0 bridgehead atoms. The molecule has 0 amide bonds. The van der Waals surface area contributed by atoms with Crippen LogP contribution >= 0.6 is 11.8 Å². The number of hydrogen-bond donors (Lipinski definition) is 1. The van der Waals surface area contributed by atoms with E-state index in [4.69, 9.17) is 10.7 Å². The van der Waals surface area contributed by atoms with Crippen LogP contribution in [-0.2, 0) is 13.0 Å². The van der Waals surface area contributed by atoms with Crippen molar-refractivity contribution in [1.29, 1.82) is 0 Å². The van der Waals surface area contributed by atoms with Gasteiger partial charge in [-0.2, -0.15) is 11.8 Å². The zero-order valence-corrected chi connectivity index (χ0v) is 12.4. The Morgan fingerprint density at radius 1 is 1.21 bits per heavy atom. The van der Waals surface area contributed by atoms with Crippen molar-refractivity contribution in [3.05, 3.63) is 36.0 Å². The van der Waals surface area contributed by atoms with Crippen molar-refractivity contribution in [2.24, 2.45) is 0 Å². The van der Waals surface area contributed by atoms with Crippen LogP contribution in [-0.4, -0.2) is 21.1 Å². The molecule has 0 fully saturated rings. The first-order chi connectivity index (χ1) is 9.27. The number of nitrogens with zero attached hydrogens (tertiary/aromatic N) is 2. The van der Waals surface area contributed by atoms with Crippen molar-refractivity contribution in [2.45, 2.75) is 26.8 Å². The first-order valence-electron chi connectivity index (χ1n) is 6.76. The second-order valence-electron chi connectivity index (χ2n) is 4.32. The smallest absolute Gasteiger partial charge is 0.141 e. The zero-order valence-electron chi connectivity index (χ0n) is 11.6. The van der Waals surface area contributed by atoms with Crippen molar-refractivity contribution in [2.75, 3.05) is 17.2 Å². The quantitative estimate of drug-likeness (QED) is 0.821. The molecule has 0 atom stereocenters. The molecule has 0 saturated carbocycles. The molecule has 1 heterocycles. The van der Waals surface area contributed by atoms with Gasteiger partial charge >= 0.3 is 0 Å². The van der Waals surface area contributed by atoms with E-state index in [0.29, 0.717) is 0 Å². The summed E-state index contributed by atoms with van der Waals surface area (Å²) in [5, 5.41) is 0. The van der Waals surface area contributed by atoms with Crippen LogP contribution in [0.15, 0.2) is 30.3 Å². The fraction of sp³-hybridized carbons (Fsp3) is 0.400. The molecule has 0 aliphatic carbocycles. The summed E-state index contributed by atoms with van der Waals surface area (Å²) in [7, 11) is 0. The topological polar surface area (TPSA) is 43.8 Å². The summed E-state index contributed by atoms with van der Waals surface area (Å²) in [6, 6.07) is 10.3. The highest BCUT2D eigenvalue weighted by Crippen LogP contribution is 2.25. The van der Waals surface area contributed by atoms with Crippen molar-refractivity contribution < 1.29 is 0 Å². The van der Waals surface area contributed by atoms with Gasteiger partial charge in [-0.25, -0.2) is 4.98 Å². The average Bonchev–Trinajstić information content (AvgIpc) is 2.77. The Morgan fingerprint density at radius 2 is 1.95 bits per heavy atom. The summed E-state index contributed by atoms with van der Waals surface area (Å²) in [6.45, 7) is 5.13. The number of nitrogens with two attached hydrogens (primary N) is 1. The van der Waals surface area contributed by atoms with E-state index in [9.17, 15) is 0 Å². The Hall–Kier alpha value is -1.42. The van der Waals surface area contributed by atoms with E-state index in [0.717, 1.165) is 47.4 Å². The molecule has 0 aliphatic rings. The zero-order chi connectivity index (χ0) is 13.7. The van der Waals surface area contributed by atoms with Gasteiger partial charge in [0.05, 0.1) is 5.69 Å².